The quantitative estimate of drug-likeness (QED) is 0.818. The van der Waals surface area contributed by atoms with E-state index in [9.17, 15) is 4.79 Å². The summed E-state index contributed by atoms with van der Waals surface area (Å²) in [6.07, 6.45) is 0. The number of carbonyl (C=O) groups is 1. The van der Waals surface area contributed by atoms with Gasteiger partial charge in [-0.15, -0.1) is 0 Å². The molecule has 1 amide bonds. The van der Waals surface area contributed by atoms with Gasteiger partial charge in [0.1, 0.15) is 0 Å². The molecule has 0 radical (unpaired) electrons. The monoisotopic (exact) mass is 267 g/mol. The Bertz CT molecular complexity index is 584. The molecular weight excluding hydrogens is 246 g/mol. The van der Waals surface area contributed by atoms with Crippen molar-refractivity contribution in [2.75, 3.05) is 7.05 Å². The van der Waals surface area contributed by atoms with Crippen LogP contribution in [0.4, 0.5) is 0 Å². The molecular formula is C18H21NO. The first-order valence-corrected chi connectivity index (χ1v) is 6.89. The lowest BCUT2D eigenvalue weighted by Gasteiger charge is -2.25. The molecule has 2 aromatic carbocycles. The van der Waals surface area contributed by atoms with E-state index in [0.717, 1.165) is 22.3 Å². The van der Waals surface area contributed by atoms with Crippen molar-refractivity contribution in [3.63, 3.8) is 0 Å². The van der Waals surface area contributed by atoms with Gasteiger partial charge in [-0.05, 0) is 38.5 Å². The molecule has 2 aromatic rings. The van der Waals surface area contributed by atoms with E-state index in [4.69, 9.17) is 0 Å². The molecule has 1 atom stereocenters. The Labute approximate surface area is 121 Å². The summed E-state index contributed by atoms with van der Waals surface area (Å²) in [6.45, 7) is 6.09. The molecule has 0 saturated heterocycles. The van der Waals surface area contributed by atoms with E-state index in [0.29, 0.717) is 0 Å². The Balaban J connectivity index is 2.24. The van der Waals surface area contributed by atoms with Gasteiger partial charge >= 0.3 is 0 Å². The zero-order valence-electron chi connectivity index (χ0n) is 12.6. The maximum Gasteiger partial charge on any atom is 0.254 e. The van der Waals surface area contributed by atoms with Crippen LogP contribution in [0, 0.1) is 13.8 Å². The highest BCUT2D eigenvalue weighted by atomic mass is 16.2. The third-order valence-corrected chi connectivity index (χ3v) is 3.65. The lowest BCUT2D eigenvalue weighted by molar-refractivity contribution is 0.0742. The normalized spacial score (nSPS) is 12.0. The SMILES string of the molecule is Cc1cc(C)cc(C(=O)N(C)C(C)c2ccccc2)c1. The highest BCUT2D eigenvalue weighted by molar-refractivity contribution is 5.94. The zero-order chi connectivity index (χ0) is 14.7. The van der Waals surface area contributed by atoms with Crippen LogP contribution in [-0.4, -0.2) is 17.9 Å². The molecule has 0 aromatic heterocycles. The molecule has 0 fully saturated rings. The second kappa shape index (κ2) is 5.91. The molecule has 0 aliphatic rings. The van der Waals surface area contributed by atoms with Crippen LogP contribution < -0.4 is 0 Å². The van der Waals surface area contributed by atoms with E-state index in [2.05, 4.69) is 25.1 Å². The van der Waals surface area contributed by atoms with E-state index >= 15 is 0 Å². The minimum atomic E-state index is 0.0597. The maximum absolute atomic E-state index is 12.6. The van der Waals surface area contributed by atoms with Gasteiger partial charge in [0.05, 0.1) is 6.04 Å². The predicted octanol–water partition coefficient (Wildman–Crippen LogP) is 4.14. The number of rotatable bonds is 3. The molecule has 20 heavy (non-hydrogen) atoms. The largest absolute Gasteiger partial charge is 0.335 e. The van der Waals surface area contributed by atoms with E-state index in [1.807, 2.05) is 51.2 Å². The maximum atomic E-state index is 12.6. The third kappa shape index (κ3) is 3.08. The van der Waals surface area contributed by atoms with Gasteiger partial charge in [0.25, 0.3) is 5.91 Å². The minimum Gasteiger partial charge on any atom is -0.335 e. The minimum absolute atomic E-state index is 0.0597. The van der Waals surface area contributed by atoms with Gasteiger partial charge in [0, 0.05) is 12.6 Å². The van der Waals surface area contributed by atoms with Gasteiger partial charge in [-0.3, -0.25) is 4.79 Å². The summed E-state index contributed by atoms with van der Waals surface area (Å²) in [5, 5.41) is 0. The third-order valence-electron chi connectivity index (χ3n) is 3.65. The van der Waals surface area contributed by atoms with E-state index in [-0.39, 0.29) is 11.9 Å². The summed E-state index contributed by atoms with van der Waals surface area (Å²) in [4.78, 5) is 14.4. The second-order valence-electron chi connectivity index (χ2n) is 5.38. The van der Waals surface area contributed by atoms with Gasteiger partial charge < -0.3 is 4.90 Å². The van der Waals surface area contributed by atoms with Gasteiger partial charge in [-0.2, -0.15) is 0 Å². The van der Waals surface area contributed by atoms with Crippen molar-refractivity contribution in [3.05, 3.63) is 70.8 Å². The lowest BCUT2D eigenvalue weighted by Crippen LogP contribution is -2.29. The lowest BCUT2D eigenvalue weighted by atomic mass is 10.0. The first-order chi connectivity index (χ1) is 9.49. The van der Waals surface area contributed by atoms with E-state index in [1.54, 1.807) is 4.90 Å². The summed E-state index contributed by atoms with van der Waals surface area (Å²) in [6, 6.07) is 16.1. The number of aryl methyl sites for hydroxylation is 2. The summed E-state index contributed by atoms with van der Waals surface area (Å²) < 4.78 is 0. The van der Waals surface area contributed by atoms with Crippen LogP contribution in [0.25, 0.3) is 0 Å². The van der Waals surface area contributed by atoms with Crippen LogP contribution >= 0.6 is 0 Å². The van der Waals surface area contributed by atoms with Crippen molar-refractivity contribution in [1.82, 2.24) is 4.90 Å². The summed E-state index contributed by atoms with van der Waals surface area (Å²) in [5.41, 5.74) is 4.14. The van der Waals surface area contributed by atoms with Crippen molar-refractivity contribution in [2.24, 2.45) is 0 Å². The number of carbonyl (C=O) groups excluding carboxylic acids is 1. The zero-order valence-corrected chi connectivity index (χ0v) is 12.6. The van der Waals surface area contributed by atoms with Crippen LogP contribution in [0.1, 0.15) is 40.0 Å². The molecule has 2 heteroatoms. The number of amides is 1. The Morgan fingerprint density at radius 2 is 1.55 bits per heavy atom. The smallest absolute Gasteiger partial charge is 0.254 e. The Morgan fingerprint density at radius 1 is 1.00 bits per heavy atom. The Morgan fingerprint density at radius 3 is 2.10 bits per heavy atom. The highest BCUT2D eigenvalue weighted by Gasteiger charge is 2.19. The first-order valence-electron chi connectivity index (χ1n) is 6.89. The van der Waals surface area contributed by atoms with Crippen molar-refractivity contribution < 1.29 is 4.79 Å². The summed E-state index contributed by atoms with van der Waals surface area (Å²) in [5.74, 6) is 0.0631. The van der Waals surface area contributed by atoms with Crippen LogP contribution in [0.5, 0.6) is 0 Å². The van der Waals surface area contributed by atoms with Gasteiger partial charge in [-0.25, -0.2) is 0 Å². The number of nitrogens with zero attached hydrogens (tertiary/aromatic N) is 1. The molecule has 0 bridgehead atoms. The predicted molar refractivity (Wildman–Crippen MR) is 82.9 cm³/mol. The average Bonchev–Trinajstić information content (AvgIpc) is 2.45. The van der Waals surface area contributed by atoms with Gasteiger partial charge in [-0.1, -0.05) is 47.5 Å². The molecule has 0 N–H and O–H groups in total. The molecule has 104 valence electrons. The molecule has 2 rings (SSSR count). The fourth-order valence-electron chi connectivity index (χ4n) is 2.43. The van der Waals surface area contributed by atoms with E-state index < -0.39 is 0 Å². The Hall–Kier alpha value is -2.09. The van der Waals surface area contributed by atoms with Crippen LogP contribution in [-0.2, 0) is 0 Å². The fraction of sp³-hybridized carbons (Fsp3) is 0.278. The van der Waals surface area contributed by atoms with Crippen molar-refractivity contribution >= 4 is 5.91 Å². The number of benzene rings is 2. The highest BCUT2D eigenvalue weighted by Crippen LogP contribution is 2.21. The van der Waals surface area contributed by atoms with Crippen LogP contribution in [0.3, 0.4) is 0 Å². The summed E-state index contributed by atoms with van der Waals surface area (Å²) >= 11 is 0. The second-order valence-corrected chi connectivity index (χ2v) is 5.38. The summed E-state index contributed by atoms with van der Waals surface area (Å²) in [7, 11) is 1.86. The van der Waals surface area contributed by atoms with Crippen molar-refractivity contribution in [2.45, 2.75) is 26.8 Å². The molecule has 0 heterocycles. The van der Waals surface area contributed by atoms with Crippen LogP contribution in [0.15, 0.2) is 48.5 Å². The topological polar surface area (TPSA) is 20.3 Å². The van der Waals surface area contributed by atoms with E-state index in [1.165, 1.54) is 0 Å². The number of hydrogen-bond acceptors (Lipinski definition) is 1. The fourth-order valence-corrected chi connectivity index (χ4v) is 2.43. The van der Waals surface area contributed by atoms with Gasteiger partial charge in [0.15, 0.2) is 0 Å². The molecule has 0 aliphatic carbocycles. The van der Waals surface area contributed by atoms with Crippen LogP contribution in [0.2, 0.25) is 0 Å². The van der Waals surface area contributed by atoms with Crippen molar-refractivity contribution in [1.29, 1.82) is 0 Å². The first kappa shape index (κ1) is 14.3. The molecule has 0 aliphatic heterocycles. The molecule has 0 spiro atoms. The molecule has 2 nitrogen and oxygen atoms in total. The van der Waals surface area contributed by atoms with Crippen molar-refractivity contribution in [3.8, 4) is 0 Å². The Kier molecular flexibility index (Phi) is 4.23. The molecule has 0 saturated carbocycles. The standard InChI is InChI=1S/C18H21NO/c1-13-10-14(2)12-17(11-13)18(20)19(4)15(3)16-8-6-5-7-9-16/h5-12,15H,1-4H3. The number of hydrogen-bond donors (Lipinski definition) is 0. The average molecular weight is 267 g/mol. The van der Waals surface area contributed by atoms with Gasteiger partial charge in [0.2, 0.25) is 0 Å². The molecule has 1 unspecified atom stereocenters.